The van der Waals surface area contributed by atoms with Crippen LogP contribution < -0.4 is 11.1 Å². The third-order valence-corrected chi connectivity index (χ3v) is 5.37. The summed E-state index contributed by atoms with van der Waals surface area (Å²) in [7, 11) is 0. The Bertz CT molecular complexity index is 1080. The molecule has 6 nitrogen and oxygen atoms in total. The van der Waals surface area contributed by atoms with E-state index in [9.17, 15) is 14.4 Å². The Morgan fingerprint density at radius 3 is 1.97 bits per heavy atom. The van der Waals surface area contributed by atoms with Gasteiger partial charge in [0.1, 0.15) is 12.6 Å². The average Bonchev–Trinajstić information content (AvgIpc) is 3.12. The van der Waals surface area contributed by atoms with Crippen molar-refractivity contribution in [2.45, 2.75) is 25.0 Å². The van der Waals surface area contributed by atoms with Gasteiger partial charge in [-0.15, -0.1) is 0 Å². The highest BCUT2D eigenvalue weighted by atomic mass is 16.5. The number of primary amides is 1. The minimum absolute atomic E-state index is 0.0858. The fraction of sp³-hybridized carbons (Fsp3) is 0.160. The quantitative estimate of drug-likeness (QED) is 0.581. The zero-order valence-corrected chi connectivity index (χ0v) is 16.8. The average molecular weight is 414 g/mol. The van der Waals surface area contributed by atoms with Crippen LogP contribution in [-0.4, -0.2) is 23.8 Å². The fourth-order valence-electron chi connectivity index (χ4n) is 3.88. The maximum Gasteiger partial charge on any atom is 0.308 e. The molecule has 0 saturated carbocycles. The van der Waals surface area contributed by atoms with Crippen molar-refractivity contribution < 1.29 is 19.1 Å². The van der Waals surface area contributed by atoms with Crippen molar-refractivity contribution in [3.63, 3.8) is 0 Å². The number of hydrogen-bond acceptors (Lipinski definition) is 4. The highest BCUT2D eigenvalue weighted by molar-refractivity contribution is 5.98. The van der Waals surface area contributed by atoms with Crippen LogP contribution in [0.15, 0.2) is 78.9 Å². The highest BCUT2D eigenvalue weighted by Crippen LogP contribution is 2.44. The largest absolute Gasteiger partial charge is 0.461 e. The summed E-state index contributed by atoms with van der Waals surface area (Å²) in [5.74, 6) is -2.35. The van der Waals surface area contributed by atoms with Crippen molar-refractivity contribution in [3.8, 4) is 11.1 Å². The predicted molar refractivity (Wildman–Crippen MR) is 116 cm³/mol. The SMILES string of the molecule is NC(=O)[C@@H](CC(=O)OCc1ccccc1)NC(=O)C1c2ccccc2-c2ccccc21. The van der Waals surface area contributed by atoms with E-state index in [0.29, 0.717) is 0 Å². The lowest BCUT2D eigenvalue weighted by Gasteiger charge is -2.19. The molecule has 2 amide bonds. The number of carbonyl (C=O) groups excluding carboxylic acids is 3. The van der Waals surface area contributed by atoms with Crippen molar-refractivity contribution in [3.05, 3.63) is 95.6 Å². The number of fused-ring (bicyclic) bond motifs is 3. The zero-order chi connectivity index (χ0) is 21.8. The van der Waals surface area contributed by atoms with Crippen LogP contribution in [0.3, 0.4) is 0 Å². The molecule has 4 rings (SSSR count). The molecular formula is C25H22N2O4. The van der Waals surface area contributed by atoms with Crippen LogP contribution in [0.25, 0.3) is 11.1 Å². The first kappa shape index (κ1) is 20.3. The molecule has 1 aliphatic rings. The van der Waals surface area contributed by atoms with Crippen LogP contribution in [0.1, 0.15) is 29.0 Å². The molecule has 6 heteroatoms. The van der Waals surface area contributed by atoms with Gasteiger partial charge in [-0.25, -0.2) is 0 Å². The van der Waals surface area contributed by atoms with E-state index in [1.54, 1.807) is 0 Å². The monoisotopic (exact) mass is 414 g/mol. The summed E-state index contributed by atoms with van der Waals surface area (Å²) in [6, 6.07) is 23.4. The van der Waals surface area contributed by atoms with Crippen molar-refractivity contribution in [1.82, 2.24) is 5.32 Å². The van der Waals surface area contributed by atoms with Gasteiger partial charge in [-0.3, -0.25) is 14.4 Å². The fourth-order valence-corrected chi connectivity index (χ4v) is 3.88. The third kappa shape index (κ3) is 4.33. The Kier molecular flexibility index (Phi) is 5.80. The number of nitrogens with one attached hydrogen (secondary N) is 1. The van der Waals surface area contributed by atoms with Crippen molar-refractivity contribution >= 4 is 17.8 Å². The summed E-state index contributed by atoms with van der Waals surface area (Å²) in [4.78, 5) is 37.4. The molecule has 156 valence electrons. The molecule has 3 aromatic carbocycles. The van der Waals surface area contributed by atoms with Crippen LogP contribution in [-0.2, 0) is 25.7 Å². The van der Waals surface area contributed by atoms with E-state index in [-0.39, 0.29) is 18.9 Å². The third-order valence-electron chi connectivity index (χ3n) is 5.37. The second-order valence-electron chi connectivity index (χ2n) is 7.42. The van der Waals surface area contributed by atoms with Gasteiger partial charge in [0.2, 0.25) is 11.8 Å². The van der Waals surface area contributed by atoms with E-state index in [2.05, 4.69) is 5.32 Å². The van der Waals surface area contributed by atoms with Gasteiger partial charge in [0.05, 0.1) is 12.3 Å². The van der Waals surface area contributed by atoms with Gasteiger partial charge < -0.3 is 15.8 Å². The van der Waals surface area contributed by atoms with E-state index >= 15 is 0 Å². The van der Waals surface area contributed by atoms with Gasteiger partial charge in [-0.05, 0) is 27.8 Å². The molecule has 3 N–H and O–H groups in total. The lowest BCUT2D eigenvalue weighted by atomic mass is 9.95. The molecule has 0 heterocycles. The Balaban J connectivity index is 1.47. The topological polar surface area (TPSA) is 98.5 Å². The van der Waals surface area contributed by atoms with Crippen molar-refractivity contribution in [2.75, 3.05) is 0 Å². The zero-order valence-electron chi connectivity index (χ0n) is 16.8. The molecule has 0 spiro atoms. The molecule has 0 unspecified atom stereocenters. The minimum atomic E-state index is -1.16. The van der Waals surface area contributed by atoms with Gasteiger partial charge in [0, 0.05) is 0 Å². The van der Waals surface area contributed by atoms with Crippen LogP contribution >= 0.6 is 0 Å². The minimum Gasteiger partial charge on any atom is -0.461 e. The van der Waals surface area contributed by atoms with E-state index in [1.807, 2.05) is 78.9 Å². The van der Waals surface area contributed by atoms with Gasteiger partial charge in [0.25, 0.3) is 0 Å². The predicted octanol–water partition coefficient (Wildman–Crippen LogP) is 2.90. The van der Waals surface area contributed by atoms with Gasteiger partial charge in [-0.1, -0.05) is 78.9 Å². The summed E-state index contributed by atoms with van der Waals surface area (Å²) >= 11 is 0. The summed E-state index contributed by atoms with van der Waals surface area (Å²) in [5, 5.41) is 2.65. The summed E-state index contributed by atoms with van der Waals surface area (Å²) in [6.07, 6.45) is -0.329. The Hall–Kier alpha value is -3.93. The van der Waals surface area contributed by atoms with Gasteiger partial charge in [0.15, 0.2) is 0 Å². The molecular weight excluding hydrogens is 392 g/mol. The van der Waals surface area contributed by atoms with E-state index in [1.165, 1.54) is 0 Å². The second-order valence-corrected chi connectivity index (χ2v) is 7.42. The number of amides is 2. The normalized spacial score (nSPS) is 13.0. The van der Waals surface area contributed by atoms with E-state index in [4.69, 9.17) is 10.5 Å². The molecule has 3 aromatic rings. The molecule has 1 aliphatic carbocycles. The van der Waals surface area contributed by atoms with Crippen molar-refractivity contribution in [2.24, 2.45) is 5.73 Å². The maximum atomic E-state index is 13.2. The van der Waals surface area contributed by atoms with E-state index in [0.717, 1.165) is 27.8 Å². The number of esters is 1. The lowest BCUT2D eigenvalue weighted by Crippen LogP contribution is -2.47. The molecule has 1 atom stereocenters. The lowest BCUT2D eigenvalue weighted by molar-refractivity contribution is -0.147. The summed E-state index contributed by atoms with van der Waals surface area (Å²) < 4.78 is 5.23. The molecule has 0 aliphatic heterocycles. The van der Waals surface area contributed by atoms with Crippen LogP contribution in [0.5, 0.6) is 0 Å². The number of hydrogen-bond donors (Lipinski definition) is 2. The Labute approximate surface area is 180 Å². The molecule has 31 heavy (non-hydrogen) atoms. The van der Waals surface area contributed by atoms with Crippen molar-refractivity contribution in [1.29, 1.82) is 0 Å². The van der Waals surface area contributed by atoms with Gasteiger partial charge >= 0.3 is 5.97 Å². The summed E-state index contributed by atoms with van der Waals surface area (Å²) in [5.41, 5.74) is 9.98. The van der Waals surface area contributed by atoms with E-state index < -0.39 is 23.8 Å². The first-order chi connectivity index (χ1) is 15.0. The molecule has 0 radical (unpaired) electrons. The number of nitrogens with two attached hydrogens (primary N) is 1. The number of benzene rings is 3. The maximum absolute atomic E-state index is 13.2. The first-order valence-corrected chi connectivity index (χ1v) is 10.0. The number of ether oxygens (including phenoxy) is 1. The van der Waals surface area contributed by atoms with Crippen LogP contribution in [0.4, 0.5) is 0 Å². The van der Waals surface area contributed by atoms with Crippen LogP contribution in [0.2, 0.25) is 0 Å². The molecule has 0 fully saturated rings. The highest BCUT2D eigenvalue weighted by Gasteiger charge is 2.35. The molecule has 0 bridgehead atoms. The standard InChI is InChI=1S/C25H22N2O4/c26-24(29)21(14-22(28)31-15-16-8-2-1-3-9-16)27-25(30)23-19-12-6-4-10-17(19)18-11-5-7-13-20(18)23/h1-13,21,23H,14-15H2,(H2,26,29)(H,27,30)/t21-/m1/s1. The number of carbonyl (C=O) groups is 3. The smallest absolute Gasteiger partial charge is 0.308 e. The van der Waals surface area contributed by atoms with Gasteiger partial charge in [-0.2, -0.15) is 0 Å². The summed E-state index contributed by atoms with van der Waals surface area (Å²) in [6.45, 7) is 0.0858. The number of rotatable bonds is 7. The Morgan fingerprint density at radius 1 is 0.839 bits per heavy atom. The second kappa shape index (κ2) is 8.83. The Morgan fingerprint density at radius 2 is 1.39 bits per heavy atom. The molecule has 0 saturated heterocycles. The van der Waals surface area contributed by atoms with Crippen LogP contribution in [0, 0.1) is 0 Å². The first-order valence-electron chi connectivity index (χ1n) is 10.0. The molecule has 0 aromatic heterocycles.